The molecule has 1 saturated carbocycles. The molecule has 1 fully saturated rings. The van der Waals surface area contributed by atoms with E-state index in [1.54, 1.807) is 13.2 Å². The summed E-state index contributed by atoms with van der Waals surface area (Å²) in [5.41, 5.74) is 0.642. The van der Waals surface area contributed by atoms with E-state index in [0.29, 0.717) is 5.92 Å². The molecule has 0 aromatic heterocycles. The molecule has 0 atom stereocenters. The molecule has 2 rings (SSSR count). The summed E-state index contributed by atoms with van der Waals surface area (Å²) in [4.78, 5) is 12.1. The Morgan fingerprint density at radius 1 is 1.22 bits per heavy atom. The zero-order valence-electron chi connectivity index (χ0n) is 14.7. The highest BCUT2D eigenvalue weighted by Gasteiger charge is 2.34. The van der Waals surface area contributed by atoms with Gasteiger partial charge in [0.05, 0.1) is 7.11 Å². The van der Waals surface area contributed by atoms with Crippen molar-refractivity contribution in [2.75, 3.05) is 7.11 Å². The molecule has 0 N–H and O–H groups in total. The molecule has 0 unspecified atom stereocenters. The van der Waals surface area contributed by atoms with Crippen LogP contribution in [-0.4, -0.2) is 18.7 Å². The first-order valence-electron chi connectivity index (χ1n) is 8.47. The van der Waals surface area contributed by atoms with E-state index < -0.39 is 0 Å². The Balaban J connectivity index is 1.87. The van der Waals surface area contributed by atoms with Crippen molar-refractivity contribution in [1.29, 1.82) is 0 Å². The van der Waals surface area contributed by atoms with Gasteiger partial charge in [0.25, 0.3) is 0 Å². The van der Waals surface area contributed by atoms with Crippen LogP contribution in [0.2, 0.25) is 0 Å². The highest BCUT2D eigenvalue weighted by Crippen LogP contribution is 2.37. The van der Waals surface area contributed by atoms with E-state index in [2.05, 4.69) is 20.8 Å². The minimum absolute atomic E-state index is 0.258. The van der Waals surface area contributed by atoms with Gasteiger partial charge in [0.2, 0.25) is 0 Å². The van der Waals surface area contributed by atoms with E-state index in [9.17, 15) is 4.79 Å². The standard InChI is InChI=1S/C20H28O3/c1-15(2)17-11-13-20(3,14-12-17)23-19(21)10-7-16-5-8-18(22-4)9-6-16/h5-10,15,17H,11-14H2,1-4H3/b10-7+. The van der Waals surface area contributed by atoms with Gasteiger partial charge in [-0.25, -0.2) is 4.79 Å². The molecule has 1 aliphatic carbocycles. The maximum absolute atomic E-state index is 12.1. The van der Waals surface area contributed by atoms with Gasteiger partial charge in [-0.3, -0.25) is 0 Å². The minimum Gasteiger partial charge on any atom is -0.497 e. The average molecular weight is 316 g/mol. The number of ether oxygens (including phenoxy) is 2. The first-order valence-corrected chi connectivity index (χ1v) is 8.47. The van der Waals surface area contributed by atoms with Gasteiger partial charge in [-0.2, -0.15) is 0 Å². The van der Waals surface area contributed by atoms with Crippen LogP contribution in [-0.2, 0) is 9.53 Å². The molecule has 0 heterocycles. The maximum atomic E-state index is 12.1. The van der Waals surface area contributed by atoms with E-state index in [4.69, 9.17) is 9.47 Å². The second-order valence-electron chi connectivity index (χ2n) is 7.06. The summed E-state index contributed by atoms with van der Waals surface area (Å²) in [6, 6.07) is 7.58. The van der Waals surface area contributed by atoms with Crippen LogP contribution in [0, 0.1) is 11.8 Å². The quantitative estimate of drug-likeness (QED) is 0.575. The maximum Gasteiger partial charge on any atom is 0.331 e. The Kier molecular flexibility index (Phi) is 5.86. The molecule has 0 bridgehead atoms. The highest BCUT2D eigenvalue weighted by atomic mass is 16.6. The van der Waals surface area contributed by atoms with Gasteiger partial charge < -0.3 is 9.47 Å². The second-order valence-corrected chi connectivity index (χ2v) is 7.06. The van der Waals surface area contributed by atoms with Gasteiger partial charge in [-0.1, -0.05) is 26.0 Å². The number of benzene rings is 1. The summed E-state index contributed by atoms with van der Waals surface area (Å²) in [5.74, 6) is 2.02. The Morgan fingerprint density at radius 3 is 2.35 bits per heavy atom. The van der Waals surface area contributed by atoms with Crippen molar-refractivity contribution in [2.45, 2.75) is 52.1 Å². The summed E-state index contributed by atoms with van der Waals surface area (Å²) in [6.45, 7) is 6.61. The average Bonchev–Trinajstić information content (AvgIpc) is 2.53. The normalized spacial score (nSPS) is 24.8. The molecule has 23 heavy (non-hydrogen) atoms. The number of carbonyl (C=O) groups is 1. The molecule has 1 aromatic rings. The SMILES string of the molecule is COc1ccc(/C=C/C(=O)OC2(C)CCC(C(C)C)CC2)cc1. The van der Waals surface area contributed by atoms with Crippen molar-refractivity contribution in [3.05, 3.63) is 35.9 Å². The third-order valence-corrected chi connectivity index (χ3v) is 4.91. The van der Waals surface area contributed by atoms with Crippen molar-refractivity contribution in [1.82, 2.24) is 0 Å². The Hall–Kier alpha value is -1.77. The Labute approximate surface area is 139 Å². The molecule has 0 amide bonds. The number of rotatable bonds is 5. The number of methoxy groups -OCH3 is 1. The first kappa shape index (κ1) is 17.6. The van der Waals surface area contributed by atoms with E-state index in [-0.39, 0.29) is 11.6 Å². The lowest BCUT2D eigenvalue weighted by molar-refractivity contribution is -0.156. The van der Waals surface area contributed by atoms with Crippen LogP contribution in [0.15, 0.2) is 30.3 Å². The van der Waals surface area contributed by atoms with E-state index in [1.165, 1.54) is 6.08 Å². The predicted octanol–water partition coefficient (Wildman–Crippen LogP) is 4.86. The number of carbonyl (C=O) groups excluding carboxylic acids is 1. The molecule has 0 spiro atoms. The van der Waals surface area contributed by atoms with E-state index in [0.717, 1.165) is 42.9 Å². The molecule has 1 aliphatic rings. The van der Waals surface area contributed by atoms with Gasteiger partial charge in [0.15, 0.2) is 0 Å². The van der Waals surface area contributed by atoms with E-state index >= 15 is 0 Å². The first-order chi connectivity index (χ1) is 10.9. The molecule has 3 nitrogen and oxygen atoms in total. The summed E-state index contributed by atoms with van der Waals surface area (Å²) in [5, 5.41) is 0. The summed E-state index contributed by atoms with van der Waals surface area (Å²) < 4.78 is 10.8. The smallest absolute Gasteiger partial charge is 0.331 e. The van der Waals surface area contributed by atoms with Gasteiger partial charge in [0, 0.05) is 6.08 Å². The lowest BCUT2D eigenvalue weighted by Gasteiger charge is -2.38. The number of hydrogen-bond acceptors (Lipinski definition) is 3. The van der Waals surface area contributed by atoms with Crippen LogP contribution < -0.4 is 4.74 Å². The topological polar surface area (TPSA) is 35.5 Å². The van der Waals surface area contributed by atoms with Crippen LogP contribution in [0.5, 0.6) is 5.75 Å². The predicted molar refractivity (Wildman–Crippen MR) is 93.3 cm³/mol. The Bertz CT molecular complexity index is 535. The molecule has 126 valence electrons. The van der Waals surface area contributed by atoms with Crippen LogP contribution >= 0.6 is 0 Å². The monoisotopic (exact) mass is 316 g/mol. The van der Waals surface area contributed by atoms with Crippen molar-refractivity contribution in [3.8, 4) is 5.75 Å². The van der Waals surface area contributed by atoms with Gasteiger partial charge in [-0.05, 0) is 68.2 Å². The summed E-state index contributed by atoms with van der Waals surface area (Å²) in [6.07, 6.45) is 7.50. The fourth-order valence-corrected chi connectivity index (χ4v) is 3.18. The van der Waals surface area contributed by atoms with Gasteiger partial charge >= 0.3 is 5.97 Å². The lowest BCUT2D eigenvalue weighted by Crippen LogP contribution is -2.36. The van der Waals surface area contributed by atoms with Crippen molar-refractivity contribution < 1.29 is 14.3 Å². The zero-order valence-corrected chi connectivity index (χ0v) is 14.7. The minimum atomic E-state index is -0.313. The molecular formula is C20H28O3. The van der Waals surface area contributed by atoms with Crippen molar-refractivity contribution >= 4 is 12.0 Å². The summed E-state index contributed by atoms with van der Waals surface area (Å²) >= 11 is 0. The number of esters is 1. The van der Waals surface area contributed by atoms with Crippen LogP contribution in [0.25, 0.3) is 6.08 Å². The highest BCUT2D eigenvalue weighted by molar-refractivity contribution is 5.87. The van der Waals surface area contributed by atoms with Crippen LogP contribution in [0.4, 0.5) is 0 Å². The molecular weight excluding hydrogens is 288 g/mol. The largest absolute Gasteiger partial charge is 0.497 e. The number of hydrogen-bond donors (Lipinski definition) is 0. The van der Waals surface area contributed by atoms with E-state index in [1.807, 2.05) is 24.3 Å². The van der Waals surface area contributed by atoms with Crippen LogP contribution in [0.3, 0.4) is 0 Å². The summed E-state index contributed by atoms with van der Waals surface area (Å²) in [7, 11) is 1.64. The second kappa shape index (κ2) is 7.67. The lowest BCUT2D eigenvalue weighted by atomic mass is 9.75. The van der Waals surface area contributed by atoms with Crippen molar-refractivity contribution in [3.63, 3.8) is 0 Å². The third-order valence-electron chi connectivity index (χ3n) is 4.91. The third kappa shape index (κ3) is 5.12. The van der Waals surface area contributed by atoms with Gasteiger partial charge in [0.1, 0.15) is 11.4 Å². The molecule has 0 radical (unpaired) electrons. The molecule has 0 aliphatic heterocycles. The Morgan fingerprint density at radius 2 is 1.83 bits per heavy atom. The molecule has 3 heteroatoms. The zero-order chi connectivity index (χ0) is 16.9. The van der Waals surface area contributed by atoms with Crippen LogP contribution in [0.1, 0.15) is 52.0 Å². The molecule has 1 aromatic carbocycles. The fourth-order valence-electron chi connectivity index (χ4n) is 3.18. The fraction of sp³-hybridized carbons (Fsp3) is 0.550. The molecule has 0 saturated heterocycles. The van der Waals surface area contributed by atoms with Gasteiger partial charge in [-0.15, -0.1) is 0 Å². The van der Waals surface area contributed by atoms with Crippen molar-refractivity contribution in [2.24, 2.45) is 11.8 Å².